The summed E-state index contributed by atoms with van der Waals surface area (Å²) in [6, 6.07) is 6.58. The van der Waals surface area contributed by atoms with Gasteiger partial charge in [0.15, 0.2) is 0 Å². The summed E-state index contributed by atoms with van der Waals surface area (Å²) in [5.74, 6) is 0.181. The summed E-state index contributed by atoms with van der Waals surface area (Å²) in [5, 5.41) is 0. The fraction of sp³-hybridized carbons (Fsp3) is 0.533. The standard InChI is InChI=1S/C15H22N2O/c1-11(2)17-10-13-7-6-12(5-3-4-8-16)9-14(13)15(17)18/h6-7,9,11H,3-5,8,10,16H2,1-2H3. The summed E-state index contributed by atoms with van der Waals surface area (Å²) < 4.78 is 0. The van der Waals surface area contributed by atoms with Crippen LogP contribution in [0.4, 0.5) is 0 Å². The van der Waals surface area contributed by atoms with Gasteiger partial charge in [-0.15, -0.1) is 0 Å². The zero-order valence-corrected chi connectivity index (χ0v) is 11.3. The maximum atomic E-state index is 12.2. The Balaban J connectivity index is 2.12. The van der Waals surface area contributed by atoms with Crippen molar-refractivity contribution >= 4 is 5.91 Å². The van der Waals surface area contributed by atoms with E-state index >= 15 is 0 Å². The number of nitrogens with two attached hydrogens (primary N) is 1. The molecule has 0 saturated carbocycles. The quantitative estimate of drug-likeness (QED) is 0.810. The lowest BCUT2D eigenvalue weighted by Crippen LogP contribution is -2.30. The lowest BCUT2D eigenvalue weighted by molar-refractivity contribution is 0.0730. The topological polar surface area (TPSA) is 46.3 Å². The van der Waals surface area contributed by atoms with E-state index in [1.54, 1.807) is 0 Å². The van der Waals surface area contributed by atoms with Gasteiger partial charge in [0, 0.05) is 18.2 Å². The summed E-state index contributed by atoms with van der Waals surface area (Å²) in [6.07, 6.45) is 3.15. The fourth-order valence-electron chi connectivity index (χ4n) is 2.42. The number of hydrogen-bond donors (Lipinski definition) is 1. The Morgan fingerprint density at radius 2 is 2.11 bits per heavy atom. The average molecular weight is 246 g/mol. The van der Waals surface area contributed by atoms with Gasteiger partial charge in [-0.05, 0) is 56.8 Å². The first-order valence-electron chi connectivity index (χ1n) is 6.76. The highest BCUT2D eigenvalue weighted by Gasteiger charge is 2.28. The SMILES string of the molecule is CC(C)N1Cc2ccc(CCCCN)cc2C1=O. The van der Waals surface area contributed by atoms with Gasteiger partial charge in [-0.25, -0.2) is 0 Å². The molecule has 2 rings (SSSR count). The van der Waals surface area contributed by atoms with Crippen molar-refractivity contribution in [3.63, 3.8) is 0 Å². The molecule has 0 bridgehead atoms. The predicted molar refractivity (Wildman–Crippen MR) is 73.4 cm³/mol. The Hall–Kier alpha value is -1.35. The molecule has 0 radical (unpaired) electrons. The van der Waals surface area contributed by atoms with Gasteiger partial charge in [0.25, 0.3) is 5.91 Å². The number of unbranched alkanes of at least 4 members (excludes halogenated alkanes) is 1. The largest absolute Gasteiger partial charge is 0.332 e. The van der Waals surface area contributed by atoms with Gasteiger partial charge in [0.2, 0.25) is 0 Å². The number of carbonyl (C=O) groups excluding carboxylic acids is 1. The Labute approximate surface area is 109 Å². The van der Waals surface area contributed by atoms with Crippen LogP contribution in [0.3, 0.4) is 0 Å². The summed E-state index contributed by atoms with van der Waals surface area (Å²) in [4.78, 5) is 14.2. The number of rotatable bonds is 5. The maximum absolute atomic E-state index is 12.2. The number of carbonyl (C=O) groups is 1. The molecule has 0 aliphatic carbocycles. The number of amides is 1. The Bertz CT molecular complexity index is 440. The lowest BCUT2D eigenvalue weighted by Gasteiger charge is -2.19. The molecular formula is C15H22N2O. The third-order valence-corrected chi connectivity index (χ3v) is 3.55. The molecule has 0 fully saturated rings. The van der Waals surface area contributed by atoms with Gasteiger partial charge in [0.05, 0.1) is 0 Å². The highest BCUT2D eigenvalue weighted by molar-refractivity contribution is 5.98. The van der Waals surface area contributed by atoms with Crippen molar-refractivity contribution in [2.45, 2.75) is 45.7 Å². The monoisotopic (exact) mass is 246 g/mol. The number of hydrogen-bond acceptors (Lipinski definition) is 2. The van der Waals surface area contributed by atoms with Gasteiger partial charge in [-0.1, -0.05) is 12.1 Å². The van der Waals surface area contributed by atoms with E-state index in [-0.39, 0.29) is 11.9 Å². The smallest absolute Gasteiger partial charge is 0.254 e. The second kappa shape index (κ2) is 5.53. The minimum Gasteiger partial charge on any atom is -0.332 e. The second-order valence-corrected chi connectivity index (χ2v) is 5.26. The molecule has 0 atom stereocenters. The fourth-order valence-corrected chi connectivity index (χ4v) is 2.42. The van der Waals surface area contributed by atoms with Crippen LogP contribution in [-0.4, -0.2) is 23.4 Å². The molecule has 1 heterocycles. The third-order valence-electron chi connectivity index (χ3n) is 3.55. The summed E-state index contributed by atoms with van der Waals surface area (Å²) in [6.45, 7) is 5.62. The van der Waals surface area contributed by atoms with Gasteiger partial charge < -0.3 is 10.6 Å². The minimum atomic E-state index is 0.181. The van der Waals surface area contributed by atoms with Crippen molar-refractivity contribution in [3.05, 3.63) is 34.9 Å². The van der Waals surface area contributed by atoms with Crippen molar-refractivity contribution < 1.29 is 4.79 Å². The van der Waals surface area contributed by atoms with Crippen molar-refractivity contribution in [1.82, 2.24) is 4.90 Å². The summed E-state index contributed by atoms with van der Waals surface area (Å²) in [7, 11) is 0. The van der Waals surface area contributed by atoms with Crippen LogP contribution in [0.15, 0.2) is 18.2 Å². The number of aryl methyl sites for hydroxylation is 1. The Kier molecular flexibility index (Phi) is 4.02. The van der Waals surface area contributed by atoms with Crippen molar-refractivity contribution in [1.29, 1.82) is 0 Å². The van der Waals surface area contributed by atoms with Gasteiger partial charge in [-0.3, -0.25) is 4.79 Å². The molecule has 2 N–H and O–H groups in total. The van der Waals surface area contributed by atoms with Crippen molar-refractivity contribution in [2.75, 3.05) is 6.54 Å². The number of nitrogens with zero attached hydrogens (tertiary/aromatic N) is 1. The van der Waals surface area contributed by atoms with E-state index in [9.17, 15) is 4.79 Å². The zero-order chi connectivity index (χ0) is 13.1. The molecule has 3 nitrogen and oxygen atoms in total. The molecule has 18 heavy (non-hydrogen) atoms. The predicted octanol–water partition coefficient (Wildman–Crippen LogP) is 2.33. The minimum absolute atomic E-state index is 0.181. The first kappa shape index (κ1) is 13.1. The van der Waals surface area contributed by atoms with Crippen LogP contribution in [0.2, 0.25) is 0 Å². The van der Waals surface area contributed by atoms with E-state index < -0.39 is 0 Å². The van der Waals surface area contributed by atoms with Crippen LogP contribution < -0.4 is 5.73 Å². The first-order valence-corrected chi connectivity index (χ1v) is 6.76. The molecule has 3 heteroatoms. The van der Waals surface area contributed by atoms with Crippen LogP contribution in [-0.2, 0) is 13.0 Å². The van der Waals surface area contributed by atoms with Crippen LogP contribution in [0.1, 0.15) is 48.2 Å². The van der Waals surface area contributed by atoms with Crippen molar-refractivity contribution in [3.8, 4) is 0 Å². The zero-order valence-electron chi connectivity index (χ0n) is 11.3. The van der Waals surface area contributed by atoms with E-state index in [0.717, 1.165) is 43.5 Å². The molecule has 1 amide bonds. The second-order valence-electron chi connectivity index (χ2n) is 5.26. The van der Waals surface area contributed by atoms with Crippen LogP contribution in [0.25, 0.3) is 0 Å². The Morgan fingerprint density at radius 1 is 1.33 bits per heavy atom. The normalized spacial score (nSPS) is 14.4. The third kappa shape index (κ3) is 2.56. The molecule has 0 unspecified atom stereocenters. The van der Waals surface area contributed by atoms with E-state index in [0.29, 0.717) is 0 Å². The molecule has 98 valence electrons. The van der Waals surface area contributed by atoms with Gasteiger partial charge in [-0.2, -0.15) is 0 Å². The van der Waals surface area contributed by atoms with E-state index in [2.05, 4.69) is 32.0 Å². The van der Waals surface area contributed by atoms with E-state index in [1.165, 1.54) is 5.56 Å². The van der Waals surface area contributed by atoms with Crippen LogP contribution in [0.5, 0.6) is 0 Å². The van der Waals surface area contributed by atoms with Crippen LogP contribution >= 0.6 is 0 Å². The molecule has 0 saturated heterocycles. The molecular weight excluding hydrogens is 224 g/mol. The number of benzene rings is 1. The molecule has 1 aromatic rings. The molecule has 1 aromatic carbocycles. The van der Waals surface area contributed by atoms with Crippen LogP contribution in [0, 0.1) is 0 Å². The van der Waals surface area contributed by atoms with E-state index in [1.807, 2.05) is 4.90 Å². The van der Waals surface area contributed by atoms with Gasteiger partial charge >= 0.3 is 0 Å². The highest BCUT2D eigenvalue weighted by Crippen LogP contribution is 2.26. The summed E-state index contributed by atoms with van der Waals surface area (Å²) in [5.41, 5.74) is 8.81. The highest BCUT2D eigenvalue weighted by atomic mass is 16.2. The van der Waals surface area contributed by atoms with E-state index in [4.69, 9.17) is 5.73 Å². The lowest BCUT2D eigenvalue weighted by atomic mass is 10.0. The van der Waals surface area contributed by atoms with Crippen molar-refractivity contribution in [2.24, 2.45) is 5.73 Å². The average Bonchev–Trinajstić information content (AvgIpc) is 2.67. The molecule has 1 aliphatic heterocycles. The first-order chi connectivity index (χ1) is 8.63. The molecule has 0 spiro atoms. The summed E-state index contributed by atoms with van der Waals surface area (Å²) >= 11 is 0. The maximum Gasteiger partial charge on any atom is 0.254 e. The Morgan fingerprint density at radius 3 is 2.78 bits per heavy atom. The molecule has 0 aromatic heterocycles. The number of fused-ring (bicyclic) bond motifs is 1. The van der Waals surface area contributed by atoms with Gasteiger partial charge in [0.1, 0.15) is 0 Å². The molecule has 1 aliphatic rings.